The van der Waals surface area contributed by atoms with E-state index in [0.717, 1.165) is 19.3 Å². The van der Waals surface area contributed by atoms with Crippen LogP contribution < -0.4 is 15.4 Å². The van der Waals surface area contributed by atoms with Gasteiger partial charge in [-0.1, -0.05) is 25.8 Å². The Morgan fingerprint density at radius 2 is 1.95 bits per heavy atom. The molecule has 2 rings (SSSR count). The normalized spacial score (nSPS) is 21.4. The predicted molar refractivity (Wildman–Crippen MR) is 81.2 cm³/mol. The maximum absolute atomic E-state index is 12.0. The van der Waals surface area contributed by atoms with Crippen LogP contribution >= 0.6 is 0 Å². The highest BCUT2D eigenvalue weighted by molar-refractivity contribution is 6.39. The highest BCUT2D eigenvalue weighted by Crippen LogP contribution is 2.23. The van der Waals surface area contributed by atoms with Crippen molar-refractivity contribution in [2.75, 3.05) is 12.4 Å². The van der Waals surface area contributed by atoms with Crippen LogP contribution in [-0.2, 0) is 9.59 Å². The van der Waals surface area contributed by atoms with Gasteiger partial charge in [0, 0.05) is 17.8 Å². The minimum Gasteiger partial charge on any atom is -0.497 e. The molecule has 0 unspecified atom stereocenters. The monoisotopic (exact) mass is 290 g/mol. The Hall–Kier alpha value is -2.04. The summed E-state index contributed by atoms with van der Waals surface area (Å²) in [6.45, 7) is 2.12. The van der Waals surface area contributed by atoms with Gasteiger partial charge in [-0.15, -0.1) is 0 Å². The molecule has 1 saturated carbocycles. The topological polar surface area (TPSA) is 67.4 Å². The van der Waals surface area contributed by atoms with Gasteiger partial charge in [0.1, 0.15) is 5.75 Å². The molecule has 0 aromatic heterocycles. The number of hydrogen-bond acceptors (Lipinski definition) is 3. The Labute approximate surface area is 125 Å². The Balaban J connectivity index is 1.91. The number of nitrogens with one attached hydrogen (secondary N) is 2. The molecule has 1 aliphatic carbocycles. The van der Waals surface area contributed by atoms with Crippen LogP contribution in [0.1, 0.15) is 32.6 Å². The third-order valence-electron chi connectivity index (χ3n) is 3.96. The van der Waals surface area contributed by atoms with E-state index in [-0.39, 0.29) is 6.04 Å². The van der Waals surface area contributed by atoms with Crippen LogP contribution in [0.15, 0.2) is 24.3 Å². The van der Waals surface area contributed by atoms with Gasteiger partial charge < -0.3 is 15.4 Å². The fourth-order valence-electron chi connectivity index (χ4n) is 2.65. The van der Waals surface area contributed by atoms with Gasteiger partial charge in [0.15, 0.2) is 0 Å². The van der Waals surface area contributed by atoms with Gasteiger partial charge in [0.2, 0.25) is 0 Å². The fraction of sp³-hybridized carbons (Fsp3) is 0.500. The summed E-state index contributed by atoms with van der Waals surface area (Å²) in [4.78, 5) is 23.9. The maximum atomic E-state index is 12.0. The zero-order valence-corrected chi connectivity index (χ0v) is 12.5. The standard InChI is InChI=1S/C16H22N2O3/c1-11-6-3-4-9-14(11)18-16(20)15(19)17-12-7-5-8-13(10-12)21-2/h5,7-8,10-11,14H,3-4,6,9H2,1-2H3,(H,17,19)(H,18,20)/t11-,14+/m1/s1. The van der Waals surface area contributed by atoms with Crippen molar-refractivity contribution in [1.82, 2.24) is 5.32 Å². The quantitative estimate of drug-likeness (QED) is 0.840. The number of amides is 2. The highest BCUT2D eigenvalue weighted by Gasteiger charge is 2.25. The lowest BCUT2D eigenvalue weighted by molar-refractivity contribution is -0.137. The molecule has 0 bridgehead atoms. The average Bonchev–Trinajstić information content (AvgIpc) is 2.49. The van der Waals surface area contributed by atoms with E-state index < -0.39 is 11.8 Å². The lowest BCUT2D eigenvalue weighted by Gasteiger charge is -2.29. The van der Waals surface area contributed by atoms with Crippen LogP contribution in [0.2, 0.25) is 0 Å². The molecule has 0 heterocycles. The molecule has 1 aliphatic rings. The second-order valence-electron chi connectivity index (χ2n) is 5.53. The zero-order chi connectivity index (χ0) is 15.2. The molecule has 0 spiro atoms. The maximum Gasteiger partial charge on any atom is 0.313 e. The molecule has 2 atom stereocenters. The molecule has 21 heavy (non-hydrogen) atoms. The Morgan fingerprint density at radius 3 is 2.67 bits per heavy atom. The number of carbonyl (C=O) groups is 2. The summed E-state index contributed by atoms with van der Waals surface area (Å²) < 4.78 is 5.08. The van der Waals surface area contributed by atoms with Gasteiger partial charge in [-0.2, -0.15) is 0 Å². The van der Waals surface area contributed by atoms with E-state index >= 15 is 0 Å². The van der Waals surface area contributed by atoms with E-state index in [1.54, 1.807) is 31.4 Å². The Bertz CT molecular complexity index is 516. The van der Waals surface area contributed by atoms with E-state index in [1.165, 1.54) is 6.42 Å². The highest BCUT2D eigenvalue weighted by atomic mass is 16.5. The summed E-state index contributed by atoms with van der Waals surface area (Å²) in [7, 11) is 1.55. The van der Waals surface area contributed by atoms with Gasteiger partial charge >= 0.3 is 11.8 Å². The molecule has 0 saturated heterocycles. The third-order valence-corrected chi connectivity index (χ3v) is 3.96. The lowest BCUT2D eigenvalue weighted by Crippen LogP contribution is -2.45. The molecule has 1 aromatic rings. The number of carbonyl (C=O) groups excluding carboxylic acids is 2. The minimum atomic E-state index is -0.638. The number of hydrogen-bond donors (Lipinski definition) is 2. The Kier molecular flexibility index (Phi) is 5.20. The van der Waals surface area contributed by atoms with Crippen molar-refractivity contribution in [3.63, 3.8) is 0 Å². The van der Waals surface area contributed by atoms with Crippen LogP contribution in [0.3, 0.4) is 0 Å². The first-order chi connectivity index (χ1) is 10.1. The van der Waals surface area contributed by atoms with Gasteiger partial charge in [0.25, 0.3) is 0 Å². The smallest absolute Gasteiger partial charge is 0.313 e. The van der Waals surface area contributed by atoms with E-state index in [4.69, 9.17) is 4.74 Å². The molecular weight excluding hydrogens is 268 g/mol. The van der Waals surface area contributed by atoms with Crippen molar-refractivity contribution < 1.29 is 14.3 Å². The molecule has 2 N–H and O–H groups in total. The molecule has 1 fully saturated rings. The molecule has 114 valence electrons. The number of anilines is 1. The lowest BCUT2D eigenvalue weighted by atomic mass is 9.86. The average molecular weight is 290 g/mol. The number of rotatable bonds is 3. The van der Waals surface area contributed by atoms with Crippen molar-refractivity contribution in [3.05, 3.63) is 24.3 Å². The van der Waals surface area contributed by atoms with E-state index in [9.17, 15) is 9.59 Å². The molecule has 5 nitrogen and oxygen atoms in total. The van der Waals surface area contributed by atoms with Crippen LogP contribution in [0.4, 0.5) is 5.69 Å². The summed E-state index contributed by atoms with van der Waals surface area (Å²) in [5.74, 6) is -0.154. The number of benzene rings is 1. The third kappa shape index (κ3) is 4.21. The summed E-state index contributed by atoms with van der Waals surface area (Å²) in [5.41, 5.74) is 0.547. The first-order valence-corrected chi connectivity index (χ1v) is 7.36. The van der Waals surface area contributed by atoms with E-state index in [2.05, 4.69) is 17.6 Å². The van der Waals surface area contributed by atoms with Gasteiger partial charge in [-0.3, -0.25) is 9.59 Å². The first-order valence-electron chi connectivity index (χ1n) is 7.36. The molecule has 5 heteroatoms. The summed E-state index contributed by atoms with van der Waals surface area (Å²) in [5, 5.41) is 5.42. The molecule has 0 aliphatic heterocycles. The van der Waals surface area contributed by atoms with Gasteiger partial charge in [0.05, 0.1) is 7.11 Å². The van der Waals surface area contributed by atoms with Crippen molar-refractivity contribution in [1.29, 1.82) is 0 Å². The van der Waals surface area contributed by atoms with Crippen molar-refractivity contribution in [2.45, 2.75) is 38.6 Å². The Morgan fingerprint density at radius 1 is 1.19 bits per heavy atom. The van der Waals surface area contributed by atoms with Crippen molar-refractivity contribution in [3.8, 4) is 5.75 Å². The van der Waals surface area contributed by atoms with E-state index in [1.807, 2.05) is 0 Å². The molecule has 0 radical (unpaired) electrons. The zero-order valence-electron chi connectivity index (χ0n) is 12.5. The van der Waals surface area contributed by atoms with Crippen LogP contribution in [0.5, 0.6) is 5.75 Å². The number of ether oxygens (including phenoxy) is 1. The number of methoxy groups -OCH3 is 1. The van der Waals surface area contributed by atoms with Gasteiger partial charge in [-0.05, 0) is 30.9 Å². The van der Waals surface area contributed by atoms with Crippen LogP contribution in [-0.4, -0.2) is 25.0 Å². The summed E-state index contributed by atoms with van der Waals surface area (Å²) >= 11 is 0. The SMILES string of the molecule is COc1cccc(NC(=O)C(=O)N[C@H]2CCCC[C@H]2C)c1. The summed E-state index contributed by atoms with van der Waals surface area (Å²) in [6.07, 6.45) is 4.35. The second kappa shape index (κ2) is 7.11. The first kappa shape index (κ1) is 15.4. The summed E-state index contributed by atoms with van der Waals surface area (Å²) in [6, 6.07) is 7.03. The van der Waals surface area contributed by atoms with Crippen molar-refractivity contribution in [2.24, 2.45) is 5.92 Å². The fourth-order valence-corrected chi connectivity index (χ4v) is 2.65. The second-order valence-corrected chi connectivity index (χ2v) is 5.53. The minimum absolute atomic E-state index is 0.0994. The molecule has 1 aromatic carbocycles. The molecular formula is C16H22N2O3. The molecule has 2 amide bonds. The largest absolute Gasteiger partial charge is 0.497 e. The van der Waals surface area contributed by atoms with Crippen LogP contribution in [0, 0.1) is 5.92 Å². The van der Waals surface area contributed by atoms with E-state index in [0.29, 0.717) is 17.4 Å². The van der Waals surface area contributed by atoms with Gasteiger partial charge in [-0.25, -0.2) is 0 Å². The van der Waals surface area contributed by atoms with Crippen LogP contribution in [0.25, 0.3) is 0 Å². The van der Waals surface area contributed by atoms with Crippen molar-refractivity contribution >= 4 is 17.5 Å². The predicted octanol–water partition coefficient (Wildman–Crippen LogP) is 2.33.